The predicted octanol–water partition coefficient (Wildman–Crippen LogP) is 3.57. The molecule has 7 heteroatoms. The number of para-hydroxylation sites is 1. The lowest BCUT2D eigenvalue weighted by atomic mass is 10.1. The molecule has 31 heavy (non-hydrogen) atoms. The summed E-state index contributed by atoms with van der Waals surface area (Å²) in [6, 6.07) is 22.9. The standard InChI is InChI=1S/C24H22N4O3/c29-22(13-14-25-24(30)21-12-7-15-31-21)26-16-19-17-28(20-10-5-2-6-11-20)27-23(19)18-8-3-1-4-9-18/h1-12,15,17H,13-14,16H2,(H,25,30)(H,26,29). The minimum absolute atomic E-state index is 0.161. The molecule has 2 aromatic heterocycles. The molecular formula is C24H22N4O3. The first-order valence-corrected chi connectivity index (χ1v) is 9.98. The Hall–Kier alpha value is -4.13. The molecule has 0 spiro atoms. The minimum Gasteiger partial charge on any atom is -0.459 e. The maximum absolute atomic E-state index is 12.3. The van der Waals surface area contributed by atoms with Gasteiger partial charge in [-0.2, -0.15) is 5.10 Å². The summed E-state index contributed by atoms with van der Waals surface area (Å²) in [6.07, 6.45) is 3.53. The van der Waals surface area contributed by atoms with Gasteiger partial charge in [0.25, 0.3) is 5.91 Å². The molecule has 0 bridgehead atoms. The summed E-state index contributed by atoms with van der Waals surface area (Å²) in [4.78, 5) is 24.2. The summed E-state index contributed by atoms with van der Waals surface area (Å²) >= 11 is 0. The van der Waals surface area contributed by atoms with Gasteiger partial charge in [0.1, 0.15) is 0 Å². The van der Waals surface area contributed by atoms with Crippen LogP contribution in [0.15, 0.2) is 89.7 Å². The first-order valence-electron chi connectivity index (χ1n) is 9.98. The van der Waals surface area contributed by atoms with Gasteiger partial charge in [-0.05, 0) is 24.3 Å². The molecule has 0 unspecified atom stereocenters. The third-order valence-corrected chi connectivity index (χ3v) is 4.72. The van der Waals surface area contributed by atoms with Gasteiger partial charge < -0.3 is 15.1 Å². The van der Waals surface area contributed by atoms with E-state index < -0.39 is 0 Å². The highest BCUT2D eigenvalue weighted by atomic mass is 16.3. The van der Waals surface area contributed by atoms with Crippen molar-refractivity contribution in [2.24, 2.45) is 0 Å². The fourth-order valence-corrected chi connectivity index (χ4v) is 3.16. The maximum atomic E-state index is 12.3. The Kier molecular flexibility index (Phi) is 6.23. The number of nitrogens with one attached hydrogen (secondary N) is 2. The van der Waals surface area contributed by atoms with Gasteiger partial charge in [-0.25, -0.2) is 4.68 Å². The van der Waals surface area contributed by atoms with Crippen LogP contribution in [0.25, 0.3) is 16.9 Å². The third-order valence-electron chi connectivity index (χ3n) is 4.72. The zero-order valence-electron chi connectivity index (χ0n) is 16.8. The minimum atomic E-state index is -0.340. The van der Waals surface area contributed by atoms with Crippen LogP contribution in [0.1, 0.15) is 22.5 Å². The number of hydrogen-bond donors (Lipinski definition) is 2. The van der Waals surface area contributed by atoms with Gasteiger partial charge in [0.15, 0.2) is 5.76 Å². The van der Waals surface area contributed by atoms with E-state index in [9.17, 15) is 9.59 Å². The number of aromatic nitrogens is 2. The first kappa shape index (κ1) is 20.2. The Morgan fingerprint density at radius 2 is 1.65 bits per heavy atom. The monoisotopic (exact) mass is 414 g/mol. The Bertz CT molecular complexity index is 1140. The van der Waals surface area contributed by atoms with E-state index in [0.29, 0.717) is 6.54 Å². The highest BCUT2D eigenvalue weighted by Crippen LogP contribution is 2.23. The van der Waals surface area contributed by atoms with Gasteiger partial charge in [0, 0.05) is 36.8 Å². The molecule has 0 aliphatic carbocycles. The molecule has 0 atom stereocenters. The van der Waals surface area contributed by atoms with E-state index in [1.165, 1.54) is 6.26 Å². The number of hydrogen-bond acceptors (Lipinski definition) is 4. The second-order valence-electron chi connectivity index (χ2n) is 6.91. The number of amides is 2. The molecule has 4 aromatic rings. The molecule has 2 heterocycles. The molecule has 2 N–H and O–H groups in total. The lowest BCUT2D eigenvalue weighted by Gasteiger charge is -2.06. The van der Waals surface area contributed by atoms with Crippen LogP contribution in [0.4, 0.5) is 0 Å². The van der Waals surface area contributed by atoms with Crippen LogP contribution < -0.4 is 10.6 Å². The fraction of sp³-hybridized carbons (Fsp3) is 0.125. The van der Waals surface area contributed by atoms with Crippen molar-refractivity contribution in [3.05, 3.63) is 96.6 Å². The van der Waals surface area contributed by atoms with Crippen LogP contribution in [0, 0.1) is 0 Å². The van der Waals surface area contributed by atoms with E-state index in [0.717, 1.165) is 22.5 Å². The number of carbonyl (C=O) groups is 2. The zero-order chi connectivity index (χ0) is 21.5. The molecule has 0 aliphatic rings. The number of rotatable bonds is 8. The van der Waals surface area contributed by atoms with Crippen LogP contribution in [-0.2, 0) is 11.3 Å². The van der Waals surface area contributed by atoms with Crippen molar-refractivity contribution >= 4 is 11.8 Å². The fourth-order valence-electron chi connectivity index (χ4n) is 3.16. The van der Waals surface area contributed by atoms with E-state index in [1.54, 1.807) is 12.1 Å². The quantitative estimate of drug-likeness (QED) is 0.461. The largest absolute Gasteiger partial charge is 0.459 e. The molecule has 156 valence electrons. The molecule has 2 amide bonds. The number of carbonyl (C=O) groups excluding carboxylic acids is 2. The van der Waals surface area contributed by atoms with E-state index in [-0.39, 0.29) is 30.5 Å². The van der Waals surface area contributed by atoms with Crippen LogP contribution >= 0.6 is 0 Å². The average molecular weight is 414 g/mol. The van der Waals surface area contributed by atoms with Crippen molar-refractivity contribution in [3.8, 4) is 16.9 Å². The van der Waals surface area contributed by atoms with Crippen LogP contribution in [0.2, 0.25) is 0 Å². The Morgan fingerprint density at radius 1 is 0.903 bits per heavy atom. The van der Waals surface area contributed by atoms with Gasteiger partial charge in [0.05, 0.1) is 17.6 Å². The zero-order valence-corrected chi connectivity index (χ0v) is 16.8. The van der Waals surface area contributed by atoms with E-state index >= 15 is 0 Å². The topological polar surface area (TPSA) is 89.2 Å². The highest BCUT2D eigenvalue weighted by Gasteiger charge is 2.14. The molecule has 0 saturated carbocycles. The Morgan fingerprint density at radius 3 is 2.35 bits per heavy atom. The van der Waals surface area contributed by atoms with E-state index in [2.05, 4.69) is 10.6 Å². The maximum Gasteiger partial charge on any atom is 0.286 e. The number of furan rings is 1. The summed E-state index contributed by atoms with van der Waals surface area (Å²) in [5.74, 6) is -0.277. The molecular weight excluding hydrogens is 392 g/mol. The molecule has 0 radical (unpaired) electrons. The summed E-state index contributed by atoms with van der Waals surface area (Å²) in [5.41, 5.74) is 3.64. The molecule has 2 aromatic carbocycles. The second-order valence-corrected chi connectivity index (χ2v) is 6.91. The predicted molar refractivity (Wildman–Crippen MR) is 117 cm³/mol. The second kappa shape index (κ2) is 9.58. The van der Waals surface area contributed by atoms with Crippen LogP contribution in [0.5, 0.6) is 0 Å². The van der Waals surface area contributed by atoms with E-state index in [1.807, 2.05) is 71.5 Å². The van der Waals surface area contributed by atoms with Crippen molar-refractivity contribution in [2.75, 3.05) is 6.54 Å². The summed E-state index contributed by atoms with van der Waals surface area (Å²) < 4.78 is 6.84. The van der Waals surface area contributed by atoms with Crippen molar-refractivity contribution < 1.29 is 14.0 Å². The van der Waals surface area contributed by atoms with Gasteiger partial charge >= 0.3 is 0 Å². The lowest BCUT2D eigenvalue weighted by molar-refractivity contribution is -0.121. The molecule has 4 rings (SSSR count). The molecule has 7 nitrogen and oxygen atoms in total. The van der Waals surface area contributed by atoms with Gasteiger partial charge in [-0.15, -0.1) is 0 Å². The summed E-state index contributed by atoms with van der Waals surface area (Å²) in [5, 5.41) is 10.3. The Labute approximate surface area is 179 Å². The summed E-state index contributed by atoms with van der Waals surface area (Å²) in [7, 11) is 0. The van der Waals surface area contributed by atoms with E-state index in [4.69, 9.17) is 9.52 Å². The Balaban J connectivity index is 1.40. The number of benzene rings is 2. The average Bonchev–Trinajstić information content (AvgIpc) is 3.49. The van der Waals surface area contributed by atoms with Gasteiger partial charge in [-0.3, -0.25) is 9.59 Å². The summed E-state index contributed by atoms with van der Waals surface area (Å²) in [6.45, 7) is 0.558. The third kappa shape index (κ3) is 5.08. The molecule has 0 aliphatic heterocycles. The normalized spacial score (nSPS) is 10.6. The smallest absolute Gasteiger partial charge is 0.286 e. The van der Waals surface area contributed by atoms with Crippen molar-refractivity contribution in [1.82, 2.24) is 20.4 Å². The van der Waals surface area contributed by atoms with Crippen LogP contribution in [0.3, 0.4) is 0 Å². The number of nitrogens with zero attached hydrogens (tertiary/aromatic N) is 2. The molecule has 0 fully saturated rings. The first-order chi connectivity index (χ1) is 15.2. The SMILES string of the molecule is O=C(CCNC(=O)c1ccco1)NCc1cn(-c2ccccc2)nc1-c1ccccc1. The van der Waals surface area contributed by atoms with Gasteiger partial charge in [0.2, 0.25) is 5.91 Å². The lowest BCUT2D eigenvalue weighted by Crippen LogP contribution is -2.30. The van der Waals surface area contributed by atoms with Crippen molar-refractivity contribution in [3.63, 3.8) is 0 Å². The van der Waals surface area contributed by atoms with Crippen LogP contribution in [-0.4, -0.2) is 28.1 Å². The van der Waals surface area contributed by atoms with Gasteiger partial charge in [-0.1, -0.05) is 48.5 Å². The highest BCUT2D eigenvalue weighted by molar-refractivity contribution is 5.91. The molecule has 0 saturated heterocycles. The van der Waals surface area contributed by atoms with Crippen molar-refractivity contribution in [2.45, 2.75) is 13.0 Å². The van der Waals surface area contributed by atoms with Crippen molar-refractivity contribution in [1.29, 1.82) is 0 Å².